The Balaban J connectivity index is 0.00000147. The SMILES string of the molecule is C[C@H]1CNCCN1Cc1cc(-c2ccccc2)on1.Cl. The summed E-state index contributed by atoms with van der Waals surface area (Å²) in [5.41, 5.74) is 2.09. The molecule has 4 nitrogen and oxygen atoms in total. The Labute approximate surface area is 125 Å². The molecule has 0 aliphatic carbocycles. The highest BCUT2D eigenvalue weighted by Crippen LogP contribution is 2.20. The van der Waals surface area contributed by atoms with Gasteiger partial charge in [0.25, 0.3) is 0 Å². The van der Waals surface area contributed by atoms with Gasteiger partial charge in [-0.15, -0.1) is 12.4 Å². The van der Waals surface area contributed by atoms with Crippen LogP contribution in [0.25, 0.3) is 11.3 Å². The van der Waals surface area contributed by atoms with Gasteiger partial charge in [0.1, 0.15) is 0 Å². The molecule has 0 spiro atoms. The van der Waals surface area contributed by atoms with Crippen LogP contribution in [0.2, 0.25) is 0 Å². The zero-order valence-electron chi connectivity index (χ0n) is 11.6. The van der Waals surface area contributed by atoms with Crippen molar-refractivity contribution in [3.63, 3.8) is 0 Å². The molecule has 1 aromatic heterocycles. The van der Waals surface area contributed by atoms with Gasteiger partial charge in [-0.1, -0.05) is 35.5 Å². The summed E-state index contributed by atoms with van der Waals surface area (Å²) in [4.78, 5) is 2.43. The van der Waals surface area contributed by atoms with E-state index in [0.29, 0.717) is 6.04 Å². The smallest absolute Gasteiger partial charge is 0.167 e. The van der Waals surface area contributed by atoms with E-state index >= 15 is 0 Å². The summed E-state index contributed by atoms with van der Waals surface area (Å²) in [6.07, 6.45) is 0. The Hall–Kier alpha value is -1.36. The van der Waals surface area contributed by atoms with Crippen molar-refractivity contribution in [2.75, 3.05) is 19.6 Å². The first-order valence-corrected chi connectivity index (χ1v) is 6.79. The predicted octanol–water partition coefficient (Wildman–Crippen LogP) is 2.56. The van der Waals surface area contributed by atoms with Crippen LogP contribution >= 0.6 is 12.4 Å². The van der Waals surface area contributed by atoms with Crippen molar-refractivity contribution in [2.45, 2.75) is 19.5 Å². The van der Waals surface area contributed by atoms with E-state index in [1.54, 1.807) is 0 Å². The van der Waals surface area contributed by atoms with Crippen molar-refractivity contribution in [2.24, 2.45) is 0 Å². The molecule has 1 saturated heterocycles. The molecule has 2 heterocycles. The van der Waals surface area contributed by atoms with Gasteiger partial charge in [-0.25, -0.2) is 0 Å². The lowest BCUT2D eigenvalue weighted by molar-refractivity contribution is 0.161. The van der Waals surface area contributed by atoms with E-state index in [-0.39, 0.29) is 12.4 Å². The normalized spacial score (nSPS) is 19.6. The monoisotopic (exact) mass is 293 g/mol. The first-order chi connectivity index (χ1) is 9.33. The highest BCUT2D eigenvalue weighted by molar-refractivity contribution is 5.85. The summed E-state index contributed by atoms with van der Waals surface area (Å²) in [6, 6.07) is 12.7. The summed E-state index contributed by atoms with van der Waals surface area (Å²) >= 11 is 0. The van der Waals surface area contributed by atoms with Gasteiger partial charge in [0.2, 0.25) is 0 Å². The second-order valence-corrected chi connectivity index (χ2v) is 5.07. The van der Waals surface area contributed by atoms with Gasteiger partial charge in [-0.3, -0.25) is 4.90 Å². The van der Waals surface area contributed by atoms with Gasteiger partial charge in [0.05, 0.1) is 5.69 Å². The van der Waals surface area contributed by atoms with Crippen molar-refractivity contribution >= 4 is 12.4 Å². The number of nitrogens with zero attached hydrogens (tertiary/aromatic N) is 2. The third kappa shape index (κ3) is 3.39. The number of nitrogens with one attached hydrogen (secondary N) is 1. The maximum Gasteiger partial charge on any atom is 0.167 e. The molecule has 0 bridgehead atoms. The minimum Gasteiger partial charge on any atom is -0.356 e. The molecule has 1 atom stereocenters. The Morgan fingerprint density at radius 1 is 1.35 bits per heavy atom. The second kappa shape index (κ2) is 6.88. The maximum absolute atomic E-state index is 5.44. The van der Waals surface area contributed by atoms with Crippen molar-refractivity contribution in [1.29, 1.82) is 0 Å². The lowest BCUT2D eigenvalue weighted by atomic mass is 10.1. The lowest BCUT2D eigenvalue weighted by Crippen LogP contribution is -2.49. The van der Waals surface area contributed by atoms with Crippen molar-refractivity contribution in [1.82, 2.24) is 15.4 Å². The average Bonchev–Trinajstić information content (AvgIpc) is 2.91. The molecule has 1 fully saturated rings. The Morgan fingerprint density at radius 2 is 2.15 bits per heavy atom. The van der Waals surface area contributed by atoms with E-state index in [4.69, 9.17) is 4.52 Å². The molecule has 0 saturated carbocycles. The summed E-state index contributed by atoms with van der Waals surface area (Å²) in [7, 11) is 0. The molecular formula is C15H20ClN3O. The van der Waals surface area contributed by atoms with Crippen LogP contribution in [-0.2, 0) is 6.54 Å². The number of hydrogen-bond donors (Lipinski definition) is 1. The van der Waals surface area contributed by atoms with Crippen LogP contribution in [0.3, 0.4) is 0 Å². The van der Waals surface area contributed by atoms with E-state index in [0.717, 1.165) is 43.2 Å². The van der Waals surface area contributed by atoms with E-state index in [9.17, 15) is 0 Å². The lowest BCUT2D eigenvalue weighted by Gasteiger charge is -2.33. The number of rotatable bonds is 3. The summed E-state index contributed by atoms with van der Waals surface area (Å²) in [5.74, 6) is 0.846. The quantitative estimate of drug-likeness (QED) is 0.944. The van der Waals surface area contributed by atoms with Crippen LogP contribution < -0.4 is 5.32 Å². The zero-order valence-corrected chi connectivity index (χ0v) is 12.4. The molecule has 5 heteroatoms. The summed E-state index contributed by atoms with van der Waals surface area (Å²) in [5, 5.41) is 7.58. The molecule has 0 amide bonds. The standard InChI is InChI=1S/C15H19N3O.ClH/c1-12-10-16-7-8-18(12)11-14-9-15(19-17-14)13-5-3-2-4-6-13;/h2-6,9,12,16H,7-8,10-11H2,1H3;1H/t12-;/m0./s1. The molecular weight excluding hydrogens is 274 g/mol. The van der Waals surface area contributed by atoms with Gasteiger partial charge in [0, 0.05) is 43.9 Å². The number of halogens is 1. The fourth-order valence-corrected chi connectivity index (χ4v) is 2.45. The van der Waals surface area contributed by atoms with Crippen LogP contribution in [0, 0.1) is 0 Å². The van der Waals surface area contributed by atoms with Gasteiger partial charge in [0.15, 0.2) is 5.76 Å². The molecule has 0 unspecified atom stereocenters. The third-order valence-electron chi connectivity index (χ3n) is 3.62. The fraction of sp³-hybridized carbons (Fsp3) is 0.400. The van der Waals surface area contributed by atoms with Gasteiger partial charge in [-0.2, -0.15) is 0 Å². The van der Waals surface area contributed by atoms with E-state index < -0.39 is 0 Å². The minimum atomic E-state index is 0. The minimum absolute atomic E-state index is 0. The fourth-order valence-electron chi connectivity index (χ4n) is 2.45. The Morgan fingerprint density at radius 3 is 2.90 bits per heavy atom. The maximum atomic E-state index is 5.44. The Kier molecular flexibility index (Phi) is 5.17. The zero-order chi connectivity index (χ0) is 13.1. The van der Waals surface area contributed by atoms with Gasteiger partial charge in [-0.05, 0) is 6.92 Å². The second-order valence-electron chi connectivity index (χ2n) is 5.07. The first-order valence-electron chi connectivity index (χ1n) is 6.79. The van der Waals surface area contributed by atoms with Crippen LogP contribution in [0.1, 0.15) is 12.6 Å². The van der Waals surface area contributed by atoms with Crippen LogP contribution in [0.5, 0.6) is 0 Å². The van der Waals surface area contributed by atoms with Gasteiger partial charge >= 0.3 is 0 Å². The van der Waals surface area contributed by atoms with E-state index in [1.807, 2.05) is 36.4 Å². The highest BCUT2D eigenvalue weighted by Gasteiger charge is 2.19. The molecule has 3 rings (SSSR count). The van der Waals surface area contributed by atoms with Crippen molar-refractivity contribution in [3.8, 4) is 11.3 Å². The highest BCUT2D eigenvalue weighted by atomic mass is 35.5. The Bertz CT molecular complexity index is 529. The molecule has 20 heavy (non-hydrogen) atoms. The number of hydrogen-bond acceptors (Lipinski definition) is 4. The first kappa shape index (κ1) is 15.0. The predicted molar refractivity (Wildman–Crippen MR) is 81.9 cm³/mol. The van der Waals surface area contributed by atoms with Crippen molar-refractivity contribution in [3.05, 3.63) is 42.1 Å². The molecule has 108 valence electrons. The van der Waals surface area contributed by atoms with Crippen LogP contribution in [0.15, 0.2) is 40.9 Å². The van der Waals surface area contributed by atoms with Crippen LogP contribution in [-0.4, -0.2) is 35.7 Å². The molecule has 2 aromatic rings. The van der Waals surface area contributed by atoms with E-state index in [1.165, 1.54) is 0 Å². The van der Waals surface area contributed by atoms with Crippen LogP contribution in [0.4, 0.5) is 0 Å². The average molecular weight is 294 g/mol. The summed E-state index contributed by atoms with van der Waals surface area (Å²) in [6.45, 7) is 6.26. The third-order valence-corrected chi connectivity index (χ3v) is 3.62. The summed E-state index contributed by atoms with van der Waals surface area (Å²) < 4.78 is 5.44. The number of benzene rings is 1. The molecule has 1 aliphatic heterocycles. The van der Waals surface area contributed by atoms with E-state index in [2.05, 4.69) is 22.3 Å². The molecule has 1 aromatic carbocycles. The molecule has 1 aliphatic rings. The largest absolute Gasteiger partial charge is 0.356 e. The van der Waals surface area contributed by atoms with Crippen molar-refractivity contribution < 1.29 is 4.52 Å². The topological polar surface area (TPSA) is 41.3 Å². The van der Waals surface area contributed by atoms with Gasteiger partial charge < -0.3 is 9.84 Å². The number of aromatic nitrogens is 1. The number of piperazine rings is 1. The molecule has 1 N–H and O–H groups in total. The molecule has 0 radical (unpaired) electrons.